The predicted octanol–water partition coefficient (Wildman–Crippen LogP) is 2.98. The Labute approximate surface area is 114 Å². The van der Waals surface area contributed by atoms with Gasteiger partial charge in [0.25, 0.3) is 0 Å². The minimum atomic E-state index is -4.65. The lowest BCUT2D eigenvalue weighted by atomic mass is 10.1. The molecule has 1 heterocycles. The minimum absolute atomic E-state index is 0.213. The van der Waals surface area contributed by atoms with Crippen LogP contribution in [-0.2, 0) is 19.4 Å². The fraction of sp³-hybridized carbons (Fsp3) is 0.385. The summed E-state index contributed by atoms with van der Waals surface area (Å²) < 4.78 is 41.6. The second kappa shape index (κ2) is 5.94. The summed E-state index contributed by atoms with van der Waals surface area (Å²) in [7, 11) is 0. The maximum absolute atomic E-state index is 12.0. The Morgan fingerprint density at radius 3 is 2.45 bits per heavy atom. The van der Waals surface area contributed by atoms with Crippen LogP contribution in [0.5, 0.6) is 5.75 Å². The van der Waals surface area contributed by atoms with Gasteiger partial charge in [-0.3, -0.25) is 4.68 Å². The summed E-state index contributed by atoms with van der Waals surface area (Å²) in [5.41, 5.74) is 1.83. The van der Waals surface area contributed by atoms with Crippen molar-refractivity contribution in [1.29, 1.82) is 0 Å². The van der Waals surface area contributed by atoms with E-state index in [9.17, 15) is 13.2 Å². The van der Waals surface area contributed by atoms with Gasteiger partial charge in [0.1, 0.15) is 5.75 Å². The first-order chi connectivity index (χ1) is 9.46. The van der Waals surface area contributed by atoms with Crippen molar-refractivity contribution >= 4 is 0 Å². The summed E-state index contributed by atoms with van der Waals surface area (Å²) in [6.45, 7) is 2.63. The molecule has 0 aliphatic rings. The van der Waals surface area contributed by atoms with E-state index in [1.165, 1.54) is 12.1 Å². The largest absolute Gasteiger partial charge is 0.573 e. The minimum Gasteiger partial charge on any atom is -0.406 e. The van der Waals surface area contributed by atoms with E-state index >= 15 is 0 Å². The number of aryl methyl sites for hydroxylation is 3. The highest BCUT2D eigenvalue weighted by molar-refractivity contribution is 5.27. The van der Waals surface area contributed by atoms with Gasteiger partial charge < -0.3 is 4.74 Å². The summed E-state index contributed by atoms with van der Waals surface area (Å²) in [5, 5.41) is 7.93. The molecule has 0 amide bonds. The first-order valence-corrected chi connectivity index (χ1v) is 6.20. The Hall–Kier alpha value is -2.05. The highest BCUT2D eigenvalue weighted by Crippen LogP contribution is 2.22. The summed E-state index contributed by atoms with van der Waals surface area (Å²) in [6.07, 6.45) is -1.30. The first-order valence-electron chi connectivity index (χ1n) is 6.20. The van der Waals surface area contributed by atoms with Crippen LogP contribution in [0, 0.1) is 0 Å². The van der Waals surface area contributed by atoms with Crippen LogP contribution in [0.4, 0.5) is 13.2 Å². The fourth-order valence-electron chi connectivity index (χ4n) is 1.71. The van der Waals surface area contributed by atoms with E-state index in [-0.39, 0.29) is 5.75 Å². The molecular weight excluding hydrogens is 271 g/mol. The molecule has 0 N–H and O–H groups in total. The first kappa shape index (κ1) is 14.4. The van der Waals surface area contributed by atoms with E-state index in [4.69, 9.17) is 0 Å². The summed E-state index contributed by atoms with van der Waals surface area (Å²) in [6, 6.07) is 5.83. The third-order valence-electron chi connectivity index (χ3n) is 2.73. The zero-order valence-electron chi connectivity index (χ0n) is 10.9. The van der Waals surface area contributed by atoms with Gasteiger partial charge >= 0.3 is 6.36 Å². The maximum atomic E-state index is 12.0. The normalized spacial score (nSPS) is 11.6. The zero-order chi connectivity index (χ0) is 14.6. The van der Waals surface area contributed by atoms with Crippen LogP contribution in [-0.4, -0.2) is 21.4 Å². The second-order valence-electron chi connectivity index (χ2n) is 4.27. The molecule has 0 aliphatic heterocycles. The smallest absolute Gasteiger partial charge is 0.406 e. The number of hydrogen-bond donors (Lipinski definition) is 0. The molecule has 0 radical (unpaired) electrons. The molecule has 0 spiro atoms. The second-order valence-corrected chi connectivity index (χ2v) is 4.27. The Kier molecular flexibility index (Phi) is 4.26. The lowest BCUT2D eigenvalue weighted by Gasteiger charge is -2.09. The molecule has 2 aromatic rings. The Morgan fingerprint density at radius 2 is 1.90 bits per heavy atom. The average molecular weight is 285 g/mol. The molecule has 0 saturated heterocycles. The number of ether oxygens (including phenoxy) is 1. The molecular formula is C13H14F3N3O. The van der Waals surface area contributed by atoms with Crippen molar-refractivity contribution in [2.45, 2.75) is 32.7 Å². The van der Waals surface area contributed by atoms with Crippen LogP contribution < -0.4 is 4.74 Å². The monoisotopic (exact) mass is 285 g/mol. The molecule has 0 fully saturated rings. The maximum Gasteiger partial charge on any atom is 0.573 e. The van der Waals surface area contributed by atoms with Crippen molar-refractivity contribution in [1.82, 2.24) is 15.0 Å². The molecule has 1 aromatic heterocycles. The molecule has 2 rings (SSSR count). The van der Waals surface area contributed by atoms with Gasteiger partial charge in [0, 0.05) is 12.7 Å². The molecule has 0 saturated carbocycles. The van der Waals surface area contributed by atoms with Crippen molar-refractivity contribution in [3.05, 3.63) is 41.7 Å². The highest BCUT2D eigenvalue weighted by Gasteiger charge is 2.30. The van der Waals surface area contributed by atoms with Crippen LogP contribution in [0.3, 0.4) is 0 Å². The Bertz CT molecular complexity index is 549. The number of rotatable bonds is 5. The molecule has 0 unspecified atom stereocenters. The number of alkyl halides is 3. The predicted molar refractivity (Wildman–Crippen MR) is 66.2 cm³/mol. The van der Waals surface area contributed by atoms with Crippen LogP contribution in [0.1, 0.15) is 18.2 Å². The van der Waals surface area contributed by atoms with Gasteiger partial charge in [-0.1, -0.05) is 24.3 Å². The standard InChI is InChI=1S/C13H14F3N3O/c1-2-11-9-19(18-17-11)8-7-10-3-5-12(6-4-10)20-13(14,15)16/h3-6,9H,2,7-8H2,1H3. The molecule has 1 aromatic carbocycles. The van der Waals surface area contributed by atoms with Gasteiger partial charge in [-0.05, 0) is 30.5 Å². The third kappa shape index (κ3) is 4.25. The lowest BCUT2D eigenvalue weighted by molar-refractivity contribution is -0.274. The zero-order valence-corrected chi connectivity index (χ0v) is 10.9. The van der Waals surface area contributed by atoms with Crippen molar-refractivity contribution in [2.24, 2.45) is 0 Å². The number of nitrogens with zero attached hydrogens (tertiary/aromatic N) is 3. The van der Waals surface area contributed by atoms with Gasteiger partial charge in [0.05, 0.1) is 5.69 Å². The van der Waals surface area contributed by atoms with E-state index < -0.39 is 6.36 Å². The third-order valence-corrected chi connectivity index (χ3v) is 2.73. The molecule has 4 nitrogen and oxygen atoms in total. The highest BCUT2D eigenvalue weighted by atomic mass is 19.4. The summed E-state index contributed by atoms with van der Waals surface area (Å²) in [4.78, 5) is 0. The topological polar surface area (TPSA) is 39.9 Å². The average Bonchev–Trinajstić information content (AvgIpc) is 2.84. The van der Waals surface area contributed by atoms with Gasteiger partial charge in [-0.2, -0.15) is 0 Å². The van der Waals surface area contributed by atoms with Crippen LogP contribution >= 0.6 is 0 Å². The van der Waals surface area contributed by atoms with E-state index in [1.807, 2.05) is 13.1 Å². The molecule has 7 heteroatoms. The van der Waals surface area contributed by atoms with Gasteiger partial charge in [0.15, 0.2) is 0 Å². The molecule has 0 aliphatic carbocycles. The number of aromatic nitrogens is 3. The Balaban J connectivity index is 1.90. The van der Waals surface area contributed by atoms with Gasteiger partial charge in [0.2, 0.25) is 0 Å². The Morgan fingerprint density at radius 1 is 1.20 bits per heavy atom. The van der Waals surface area contributed by atoms with Crippen molar-refractivity contribution in [3.63, 3.8) is 0 Å². The van der Waals surface area contributed by atoms with Crippen LogP contribution in [0.25, 0.3) is 0 Å². The lowest BCUT2D eigenvalue weighted by Crippen LogP contribution is -2.17. The molecule has 0 atom stereocenters. The number of halogens is 3. The molecule has 108 valence electrons. The van der Waals surface area contributed by atoms with Crippen molar-refractivity contribution in [2.75, 3.05) is 0 Å². The number of benzene rings is 1. The summed E-state index contributed by atoms with van der Waals surface area (Å²) >= 11 is 0. The fourth-order valence-corrected chi connectivity index (χ4v) is 1.71. The van der Waals surface area contributed by atoms with E-state index in [1.54, 1.807) is 16.8 Å². The number of hydrogen-bond acceptors (Lipinski definition) is 3. The quantitative estimate of drug-likeness (QED) is 0.848. The van der Waals surface area contributed by atoms with Gasteiger partial charge in [-0.15, -0.1) is 18.3 Å². The molecule has 20 heavy (non-hydrogen) atoms. The van der Waals surface area contributed by atoms with Crippen LogP contribution in [0.2, 0.25) is 0 Å². The van der Waals surface area contributed by atoms with E-state index in [2.05, 4.69) is 15.0 Å². The SMILES string of the molecule is CCc1cn(CCc2ccc(OC(F)(F)F)cc2)nn1. The van der Waals surface area contributed by atoms with E-state index in [0.29, 0.717) is 13.0 Å². The van der Waals surface area contributed by atoms with Crippen LogP contribution in [0.15, 0.2) is 30.5 Å². The van der Waals surface area contributed by atoms with E-state index in [0.717, 1.165) is 17.7 Å². The van der Waals surface area contributed by atoms with Crippen molar-refractivity contribution in [3.8, 4) is 5.75 Å². The molecule has 0 bridgehead atoms. The summed E-state index contributed by atoms with van der Waals surface area (Å²) in [5.74, 6) is -0.213. The van der Waals surface area contributed by atoms with Gasteiger partial charge in [-0.25, -0.2) is 0 Å². The van der Waals surface area contributed by atoms with Crippen molar-refractivity contribution < 1.29 is 17.9 Å².